The fourth-order valence-electron chi connectivity index (χ4n) is 4.34. The molecule has 2 aromatic carbocycles. The molecular weight excluding hydrogens is 408 g/mol. The molecule has 0 radical (unpaired) electrons. The zero-order valence-corrected chi connectivity index (χ0v) is 17.5. The van der Waals surface area contributed by atoms with E-state index in [-0.39, 0.29) is 18.3 Å². The van der Waals surface area contributed by atoms with Gasteiger partial charge in [-0.2, -0.15) is 0 Å². The molecular formula is C24H22N4O4. The van der Waals surface area contributed by atoms with Crippen molar-refractivity contribution in [1.82, 2.24) is 19.0 Å². The van der Waals surface area contributed by atoms with Crippen molar-refractivity contribution in [2.45, 2.75) is 12.5 Å². The number of benzene rings is 2. The largest absolute Gasteiger partial charge is 0.497 e. The molecule has 0 aliphatic carbocycles. The van der Waals surface area contributed by atoms with Crippen LogP contribution in [0.5, 0.6) is 5.75 Å². The molecule has 8 nitrogen and oxygen atoms in total. The summed E-state index contributed by atoms with van der Waals surface area (Å²) in [6.45, 7) is 0.684. The second kappa shape index (κ2) is 7.88. The Morgan fingerprint density at radius 2 is 1.75 bits per heavy atom. The van der Waals surface area contributed by atoms with E-state index in [1.807, 2.05) is 54.6 Å². The third-order valence-corrected chi connectivity index (χ3v) is 5.98. The third kappa shape index (κ3) is 3.30. The second-order valence-corrected chi connectivity index (χ2v) is 7.78. The van der Waals surface area contributed by atoms with Crippen LogP contribution in [0.4, 0.5) is 4.79 Å². The molecule has 1 atom stereocenters. The molecule has 8 heteroatoms. The smallest absolute Gasteiger partial charge is 0.407 e. The van der Waals surface area contributed by atoms with Crippen LogP contribution in [0.1, 0.15) is 12.5 Å². The van der Waals surface area contributed by atoms with Crippen molar-refractivity contribution in [3.63, 3.8) is 0 Å². The molecule has 0 unspecified atom stereocenters. The van der Waals surface area contributed by atoms with E-state index in [2.05, 4.69) is 4.98 Å². The molecule has 32 heavy (non-hydrogen) atoms. The molecule has 2 aromatic heterocycles. The Bertz CT molecular complexity index is 1340. The standard InChI is InChI=1S/C24H22N4O4/c1-32-20-10-6-17(7-11-20)16-4-8-18(9-5-16)27-21-3-2-13-25-22(21)28(23(27)29)19-12-14-26(15-19)24(30)31/h2-11,13,19H,12,14-15H2,1H3,(H,30,31)/t19-/m0/s1. The molecule has 5 rings (SSSR count). The van der Waals surface area contributed by atoms with Crippen LogP contribution in [0, 0.1) is 0 Å². The summed E-state index contributed by atoms with van der Waals surface area (Å²) in [5.74, 6) is 0.797. The van der Waals surface area contributed by atoms with Crippen LogP contribution in [-0.4, -0.2) is 50.4 Å². The van der Waals surface area contributed by atoms with E-state index in [1.165, 1.54) is 4.90 Å². The average Bonchev–Trinajstić information content (AvgIpc) is 3.41. The lowest BCUT2D eigenvalue weighted by Gasteiger charge is -2.13. The quantitative estimate of drug-likeness (QED) is 0.532. The summed E-state index contributed by atoms with van der Waals surface area (Å²) in [5.41, 5.74) is 3.86. The zero-order valence-electron chi connectivity index (χ0n) is 17.5. The molecule has 0 bridgehead atoms. The number of fused-ring (bicyclic) bond motifs is 1. The van der Waals surface area contributed by atoms with Crippen LogP contribution in [0.2, 0.25) is 0 Å². The molecule has 1 aliphatic rings. The van der Waals surface area contributed by atoms with E-state index in [4.69, 9.17) is 4.74 Å². The van der Waals surface area contributed by atoms with E-state index in [1.54, 1.807) is 28.5 Å². The van der Waals surface area contributed by atoms with Crippen molar-refractivity contribution in [3.05, 3.63) is 77.3 Å². The van der Waals surface area contributed by atoms with Crippen LogP contribution in [0.3, 0.4) is 0 Å². The first-order valence-electron chi connectivity index (χ1n) is 10.4. The molecule has 1 amide bonds. The molecule has 1 fully saturated rings. The number of amides is 1. The maximum atomic E-state index is 13.5. The van der Waals surface area contributed by atoms with Gasteiger partial charge >= 0.3 is 11.8 Å². The SMILES string of the molecule is COc1ccc(-c2ccc(-n3c(=O)n([C@H]4CCN(C(=O)O)C4)c4ncccc43)cc2)cc1. The number of aromatic nitrogens is 3. The summed E-state index contributed by atoms with van der Waals surface area (Å²) in [6.07, 6.45) is 1.27. The lowest BCUT2D eigenvalue weighted by molar-refractivity contribution is 0.154. The first-order chi connectivity index (χ1) is 15.6. The van der Waals surface area contributed by atoms with Crippen LogP contribution < -0.4 is 10.4 Å². The Kier molecular flexibility index (Phi) is 4.89. The summed E-state index contributed by atoms with van der Waals surface area (Å²) >= 11 is 0. The van der Waals surface area contributed by atoms with Crippen LogP contribution in [0.15, 0.2) is 71.7 Å². The highest BCUT2D eigenvalue weighted by Gasteiger charge is 2.31. The minimum atomic E-state index is -0.966. The first kappa shape index (κ1) is 19.9. The van der Waals surface area contributed by atoms with Crippen LogP contribution in [-0.2, 0) is 0 Å². The predicted octanol–water partition coefficient (Wildman–Crippen LogP) is 3.79. The summed E-state index contributed by atoms with van der Waals surface area (Å²) in [4.78, 5) is 30.6. The van der Waals surface area contributed by atoms with Crippen LogP contribution >= 0.6 is 0 Å². The van der Waals surface area contributed by atoms with Crippen molar-refractivity contribution in [2.75, 3.05) is 20.2 Å². The molecule has 1 aliphatic heterocycles. The Morgan fingerprint density at radius 1 is 1.06 bits per heavy atom. The Labute approximate surface area is 183 Å². The second-order valence-electron chi connectivity index (χ2n) is 7.78. The molecule has 3 heterocycles. The van der Waals surface area contributed by atoms with Gasteiger partial charge in [-0.25, -0.2) is 14.6 Å². The number of hydrogen-bond acceptors (Lipinski definition) is 4. The van der Waals surface area contributed by atoms with Gasteiger partial charge in [-0.05, 0) is 53.9 Å². The minimum absolute atomic E-state index is 0.215. The lowest BCUT2D eigenvalue weighted by atomic mass is 10.1. The average molecular weight is 430 g/mol. The highest BCUT2D eigenvalue weighted by molar-refractivity contribution is 5.75. The highest BCUT2D eigenvalue weighted by atomic mass is 16.5. The van der Waals surface area contributed by atoms with Gasteiger partial charge in [0.1, 0.15) is 5.75 Å². The number of pyridine rings is 1. The monoisotopic (exact) mass is 430 g/mol. The van der Waals surface area contributed by atoms with E-state index < -0.39 is 6.09 Å². The van der Waals surface area contributed by atoms with Crippen molar-refractivity contribution < 1.29 is 14.6 Å². The van der Waals surface area contributed by atoms with Crippen molar-refractivity contribution in [3.8, 4) is 22.6 Å². The minimum Gasteiger partial charge on any atom is -0.497 e. The fraction of sp³-hybridized carbons (Fsp3) is 0.208. The molecule has 4 aromatic rings. The van der Waals surface area contributed by atoms with Gasteiger partial charge in [0.25, 0.3) is 0 Å². The molecule has 1 N–H and O–H groups in total. The molecule has 0 spiro atoms. The van der Waals surface area contributed by atoms with Crippen LogP contribution in [0.25, 0.3) is 28.0 Å². The summed E-state index contributed by atoms with van der Waals surface area (Å²) in [7, 11) is 1.64. The number of hydrogen-bond donors (Lipinski definition) is 1. The first-order valence-corrected chi connectivity index (χ1v) is 10.4. The summed E-state index contributed by atoms with van der Waals surface area (Å²) < 4.78 is 8.50. The number of ether oxygens (including phenoxy) is 1. The number of likely N-dealkylation sites (tertiary alicyclic amines) is 1. The zero-order chi connectivity index (χ0) is 22.2. The van der Waals surface area contributed by atoms with Gasteiger partial charge < -0.3 is 14.7 Å². The van der Waals surface area contributed by atoms with E-state index in [0.717, 1.165) is 22.6 Å². The topological polar surface area (TPSA) is 89.6 Å². The maximum Gasteiger partial charge on any atom is 0.407 e. The van der Waals surface area contributed by atoms with Crippen molar-refractivity contribution in [2.24, 2.45) is 0 Å². The Balaban J connectivity index is 1.55. The third-order valence-electron chi connectivity index (χ3n) is 5.98. The van der Waals surface area contributed by atoms with Gasteiger partial charge in [0, 0.05) is 19.3 Å². The molecule has 1 saturated heterocycles. The van der Waals surface area contributed by atoms with Crippen molar-refractivity contribution in [1.29, 1.82) is 0 Å². The number of methoxy groups -OCH3 is 1. The van der Waals surface area contributed by atoms with Gasteiger partial charge in [-0.15, -0.1) is 0 Å². The van der Waals surface area contributed by atoms with Crippen molar-refractivity contribution >= 4 is 17.3 Å². The van der Waals surface area contributed by atoms with Gasteiger partial charge in [-0.3, -0.25) is 9.13 Å². The summed E-state index contributed by atoms with van der Waals surface area (Å²) in [5, 5.41) is 9.30. The number of nitrogens with zero attached hydrogens (tertiary/aromatic N) is 4. The van der Waals surface area contributed by atoms with Gasteiger partial charge in [0.15, 0.2) is 5.65 Å². The predicted molar refractivity (Wildman–Crippen MR) is 121 cm³/mol. The van der Waals surface area contributed by atoms with E-state index in [9.17, 15) is 14.7 Å². The van der Waals surface area contributed by atoms with Gasteiger partial charge in [0.2, 0.25) is 0 Å². The molecule has 162 valence electrons. The normalized spacial score (nSPS) is 15.9. The Hall–Kier alpha value is -4.07. The number of carbonyl (C=O) groups is 1. The van der Waals surface area contributed by atoms with Gasteiger partial charge in [-0.1, -0.05) is 24.3 Å². The van der Waals surface area contributed by atoms with E-state index >= 15 is 0 Å². The maximum absolute atomic E-state index is 13.5. The lowest BCUT2D eigenvalue weighted by Crippen LogP contribution is -2.31. The van der Waals surface area contributed by atoms with E-state index in [0.29, 0.717) is 24.1 Å². The molecule has 0 saturated carbocycles. The fourth-order valence-corrected chi connectivity index (χ4v) is 4.34. The number of carboxylic acid groups (broad SMARTS) is 1. The summed E-state index contributed by atoms with van der Waals surface area (Å²) in [6, 6.07) is 19.0. The number of rotatable bonds is 4. The Morgan fingerprint density at radius 3 is 2.38 bits per heavy atom. The highest BCUT2D eigenvalue weighted by Crippen LogP contribution is 2.27. The number of imidazole rings is 1. The van der Waals surface area contributed by atoms with Gasteiger partial charge in [0.05, 0.1) is 24.4 Å².